The van der Waals surface area contributed by atoms with Crippen molar-refractivity contribution in [3.63, 3.8) is 0 Å². The molecule has 0 spiro atoms. The van der Waals surface area contributed by atoms with Gasteiger partial charge in [-0.25, -0.2) is 13.1 Å². The fourth-order valence-electron chi connectivity index (χ4n) is 2.47. The molecule has 0 saturated carbocycles. The van der Waals surface area contributed by atoms with E-state index in [-0.39, 0.29) is 23.5 Å². The Hall–Kier alpha value is -1.74. The molecule has 0 radical (unpaired) electrons. The van der Waals surface area contributed by atoms with E-state index in [9.17, 15) is 13.2 Å². The second kappa shape index (κ2) is 8.77. The van der Waals surface area contributed by atoms with Crippen LogP contribution in [0.3, 0.4) is 0 Å². The number of anilines is 1. The van der Waals surface area contributed by atoms with Crippen molar-refractivity contribution in [3.8, 4) is 0 Å². The first kappa shape index (κ1) is 20.6. The number of hydrogen-bond donors (Lipinski definition) is 2. The molecule has 0 bridgehead atoms. The second-order valence-electron chi connectivity index (χ2n) is 5.91. The van der Waals surface area contributed by atoms with E-state index >= 15 is 0 Å². The van der Waals surface area contributed by atoms with Gasteiger partial charge in [0.1, 0.15) is 6.10 Å². The Labute approximate surface area is 158 Å². The quantitative estimate of drug-likeness (QED) is 0.716. The van der Waals surface area contributed by atoms with Crippen molar-refractivity contribution in [2.45, 2.75) is 38.2 Å². The molecule has 1 heterocycles. The van der Waals surface area contributed by atoms with Crippen LogP contribution in [0.5, 0.6) is 0 Å². The summed E-state index contributed by atoms with van der Waals surface area (Å²) in [6.07, 6.45) is 0.0215. The van der Waals surface area contributed by atoms with Crippen molar-refractivity contribution in [3.05, 3.63) is 45.6 Å². The second-order valence-corrected chi connectivity index (χ2v) is 8.96. The summed E-state index contributed by atoms with van der Waals surface area (Å²) < 4.78 is 33.3. The number of benzene rings is 1. The zero-order chi connectivity index (χ0) is 19.3. The van der Waals surface area contributed by atoms with Crippen molar-refractivity contribution in [1.82, 2.24) is 4.72 Å². The van der Waals surface area contributed by atoms with E-state index in [1.165, 1.54) is 6.07 Å². The highest BCUT2D eigenvalue weighted by Crippen LogP contribution is 2.25. The van der Waals surface area contributed by atoms with Gasteiger partial charge in [-0.1, -0.05) is 6.92 Å². The highest BCUT2D eigenvalue weighted by atomic mass is 32.2. The summed E-state index contributed by atoms with van der Waals surface area (Å²) in [7, 11) is -2.13. The first-order valence-corrected chi connectivity index (χ1v) is 10.6. The molecule has 2 N–H and O–H groups in total. The van der Waals surface area contributed by atoms with Gasteiger partial charge in [0.2, 0.25) is 15.9 Å². The van der Waals surface area contributed by atoms with Gasteiger partial charge in [-0.15, -0.1) is 11.3 Å². The third-order valence-electron chi connectivity index (χ3n) is 3.89. The standard InChI is InChI=1S/C18H24N2O4S2/c1-5-18(21)20-14-7-9-17(12(2)10-14)26(22,23)19-11-15(24-4)16-8-6-13(3)25-16/h6-10,15,19H,5,11H2,1-4H3,(H,20,21)/t15-/m1/s1. The molecule has 1 amide bonds. The average Bonchev–Trinajstić information content (AvgIpc) is 3.01. The average molecular weight is 397 g/mol. The first-order chi connectivity index (χ1) is 12.3. The number of amides is 1. The molecular weight excluding hydrogens is 372 g/mol. The van der Waals surface area contributed by atoms with E-state index in [1.54, 1.807) is 44.4 Å². The van der Waals surface area contributed by atoms with Crippen LogP contribution in [-0.2, 0) is 19.6 Å². The molecule has 1 atom stereocenters. The van der Waals surface area contributed by atoms with Gasteiger partial charge in [0, 0.05) is 35.5 Å². The first-order valence-electron chi connectivity index (χ1n) is 8.26. The largest absolute Gasteiger partial charge is 0.375 e. The Morgan fingerprint density at radius 1 is 1.23 bits per heavy atom. The Bertz CT molecular complexity index is 875. The van der Waals surface area contributed by atoms with E-state index in [2.05, 4.69) is 10.0 Å². The molecule has 0 unspecified atom stereocenters. The summed E-state index contributed by atoms with van der Waals surface area (Å²) in [4.78, 5) is 13.8. The van der Waals surface area contributed by atoms with Crippen LogP contribution < -0.4 is 10.0 Å². The van der Waals surface area contributed by atoms with E-state index < -0.39 is 10.0 Å². The van der Waals surface area contributed by atoms with E-state index in [0.717, 1.165) is 9.75 Å². The smallest absolute Gasteiger partial charge is 0.240 e. The van der Waals surface area contributed by atoms with Crippen LogP contribution >= 0.6 is 11.3 Å². The van der Waals surface area contributed by atoms with Crippen LogP contribution in [0.15, 0.2) is 35.2 Å². The van der Waals surface area contributed by atoms with E-state index in [0.29, 0.717) is 17.7 Å². The van der Waals surface area contributed by atoms with Gasteiger partial charge in [0.15, 0.2) is 0 Å². The molecule has 2 rings (SSSR count). The van der Waals surface area contributed by atoms with Gasteiger partial charge in [-0.05, 0) is 49.7 Å². The highest BCUT2D eigenvalue weighted by molar-refractivity contribution is 7.89. The van der Waals surface area contributed by atoms with Crippen molar-refractivity contribution in [2.24, 2.45) is 0 Å². The molecule has 0 aliphatic carbocycles. The number of carbonyl (C=O) groups is 1. The number of methoxy groups -OCH3 is 1. The van der Waals surface area contributed by atoms with Crippen molar-refractivity contribution in [2.75, 3.05) is 19.0 Å². The normalized spacial score (nSPS) is 12.8. The molecule has 1 aromatic heterocycles. The van der Waals surface area contributed by atoms with Gasteiger partial charge in [-0.3, -0.25) is 4.79 Å². The van der Waals surface area contributed by atoms with Crippen LogP contribution in [0.1, 0.15) is 34.8 Å². The van der Waals surface area contributed by atoms with Crippen LogP contribution in [0, 0.1) is 13.8 Å². The minimum Gasteiger partial charge on any atom is -0.375 e. The summed E-state index contributed by atoms with van der Waals surface area (Å²) in [6.45, 7) is 5.60. The maximum atomic E-state index is 12.6. The van der Waals surface area contributed by atoms with Crippen LogP contribution in [0.4, 0.5) is 5.69 Å². The number of ether oxygens (including phenoxy) is 1. The molecule has 0 aliphatic heterocycles. The third kappa shape index (κ3) is 5.14. The lowest BCUT2D eigenvalue weighted by Crippen LogP contribution is -2.29. The van der Waals surface area contributed by atoms with E-state index in [1.807, 2.05) is 19.1 Å². The minimum absolute atomic E-state index is 0.118. The number of carbonyl (C=O) groups excluding carboxylic acids is 1. The molecule has 26 heavy (non-hydrogen) atoms. The summed E-state index contributed by atoms with van der Waals surface area (Å²) in [5.41, 5.74) is 1.14. The van der Waals surface area contributed by atoms with Crippen molar-refractivity contribution in [1.29, 1.82) is 0 Å². The predicted molar refractivity (Wildman–Crippen MR) is 104 cm³/mol. The van der Waals surface area contributed by atoms with Gasteiger partial charge < -0.3 is 10.1 Å². The molecule has 2 aromatic rings. The zero-order valence-electron chi connectivity index (χ0n) is 15.3. The Kier molecular flexibility index (Phi) is 6.94. The number of thiophene rings is 1. The molecule has 1 aromatic carbocycles. The molecular formula is C18H24N2O4S2. The topological polar surface area (TPSA) is 84.5 Å². The maximum Gasteiger partial charge on any atom is 0.240 e. The predicted octanol–water partition coefficient (Wildman–Crippen LogP) is 3.38. The van der Waals surface area contributed by atoms with E-state index in [4.69, 9.17) is 4.74 Å². The van der Waals surface area contributed by atoms with Gasteiger partial charge >= 0.3 is 0 Å². The maximum absolute atomic E-state index is 12.6. The van der Waals surface area contributed by atoms with Crippen LogP contribution in [-0.4, -0.2) is 28.0 Å². The molecule has 0 fully saturated rings. The lowest BCUT2D eigenvalue weighted by Gasteiger charge is -2.16. The Balaban J connectivity index is 2.12. The van der Waals surface area contributed by atoms with Gasteiger partial charge in [-0.2, -0.15) is 0 Å². The van der Waals surface area contributed by atoms with Gasteiger partial charge in [0.25, 0.3) is 0 Å². The molecule has 8 heteroatoms. The van der Waals surface area contributed by atoms with Crippen LogP contribution in [0.25, 0.3) is 0 Å². The minimum atomic E-state index is -3.69. The van der Waals surface area contributed by atoms with Crippen LogP contribution in [0.2, 0.25) is 0 Å². The highest BCUT2D eigenvalue weighted by Gasteiger charge is 2.21. The number of aryl methyl sites for hydroxylation is 2. The zero-order valence-corrected chi connectivity index (χ0v) is 17.0. The fourth-order valence-corrected chi connectivity index (χ4v) is 4.68. The molecule has 0 aliphatic rings. The number of rotatable bonds is 8. The number of hydrogen-bond acceptors (Lipinski definition) is 5. The lowest BCUT2D eigenvalue weighted by molar-refractivity contribution is -0.115. The summed E-state index contributed by atoms with van der Waals surface area (Å²) in [5, 5.41) is 2.72. The number of nitrogens with one attached hydrogen (secondary N) is 2. The molecule has 142 valence electrons. The Morgan fingerprint density at radius 3 is 2.50 bits per heavy atom. The molecule has 0 saturated heterocycles. The fraction of sp³-hybridized carbons (Fsp3) is 0.389. The summed E-state index contributed by atoms with van der Waals surface area (Å²) in [6, 6.07) is 8.66. The Morgan fingerprint density at radius 2 is 1.96 bits per heavy atom. The van der Waals surface area contributed by atoms with Crippen molar-refractivity contribution < 1.29 is 17.9 Å². The summed E-state index contributed by atoms with van der Waals surface area (Å²) in [5.74, 6) is -0.118. The van der Waals surface area contributed by atoms with Crippen molar-refractivity contribution >= 4 is 33.0 Å². The lowest BCUT2D eigenvalue weighted by atomic mass is 10.2. The SMILES string of the molecule is CCC(=O)Nc1ccc(S(=O)(=O)NC[C@@H](OC)c2ccc(C)s2)c(C)c1. The summed E-state index contributed by atoms with van der Waals surface area (Å²) >= 11 is 1.58. The number of sulfonamides is 1. The molecule has 6 nitrogen and oxygen atoms in total. The monoisotopic (exact) mass is 396 g/mol. The van der Waals surface area contributed by atoms with Gasteiger partial charge in [0.05, 0.1) is 4.90 Å². The third-order valence-corrected chi connectivity index (χ3v) is 6.57.